The summed E-state index contributed by atoms with van der Waals surface area (Å²) in [6.45, 7) is 6.74. The molecular formula is C13H20BrN3. The van der Waals surface area contributed by atoms with Gasteiger partial charge in [-0.2, -0.15) is 0 Å². The monoisotopic (exact) mass is 297 g/mol. The molecule has 0 saturated carbocycles. The molecule has 0 aliphatic rings. The van der Waals surface area contributed by atoms with Crippen LogP contribution in [0.3, 0.4) is 0 Å². The van der Waals surface area contributed by atoms with Crippen LogP contribution in [-0.4, -0.2) is 19.0 Å². The van der Waals surface area contributed by atoms with Crippen molar-refractivity contribution in [2.75, 3.05) is 13.1 Å². The largest absolute Gasteiger partial charge is 0.357 e. The zero-order valence-electron chi connectivity index (χ0n) is 10.5. The highest BCUT2D eigenvalue weighted by molar-refractivity contribution is 9.10. The van der Waals surface area contributed by atoms with Crippen molar-refractivity contribution in [3.63, 3.8) is 0 Å². The molecule has 0 heterocycles. The lowest BCUT2D eigenvalue weighted by Gasteiger charge is -2.10. The van der Waals surface area contributed by atoms with E-state index < -0.39 is 0 Å². The number of aliphatic imine (C=N–C) groups is 1. The van der Waals surface area contributed by atoms with E-state index in [0.717, 1.165) is 29.9 Å². The number of benzene rings is 1. The molecule has 0 bridgehead atoms. The molecule has 0 fully saturated rings. The predicted molar refractivity (Wildman–Crippen MR) is 77.3 cm³/mol. The summed E-state index contributed by atoms with van der Waals surface area (Å²) in [5.74, 6) is 0.884. The van der Waals surface area contributed by atoms with E-state index >= 15 is 0 Å². The number of rotatable bonds is 5. The smallest absolute Gasteiger partial charge is 0.191 e. The molecule has 94 valence electrons. The molecule has 2 N–H and O–H groups in total. The minimum Gasteiger partial charge on any atom is -0.357 e. The van der Waals surface area contributed by atoms with Crippen molar-refractivity contribution in [2.45, 2.75) is 26.8 Å². The first-order valence-corrected chi connectivity index (χ1v) is 6.82. The molecule has 1 rings (SSSR count). The van der Waals surface area contributed by atoms with Gasteiger partial charge in [-0.05, 0) is 31.0 Å². The average Bonchev–Trinajstić information content (AvgIpc) is 2.33. The van der Waals surface area contributed by atoms with Crippen LogP contribution in [0.4, 0.5) is 0 Å². The van der Waals surface area contributed by atoms with Crippen LogP contribution in [0.25, 0.3) is 0 Å². The summed E-state index contributed by atoms with van der Waals surface area (Å²) in [7, 11) is 0. The van der Waals surface area contributed by atoms with Gasteiger partial charge in [0.1, 0.15) is 0 Å². The zero-order valence-corrected chi connectivity index (χ0v) is 12.0. The Morgan fingerprint density at radius 3 is 2.76 bits per heavy atom. The first-order valence-electron chi connectivity index (χ1n) is 6.03. The molecule has 0 spiro atoms. The van der Waals surface area contributed by atoms with E-state index in [-0.39, 0.29) is 0 Å². The lowest BCUT2D eigenvalue weighted by molar-refractivity contribution is 0.785. The summed E-state index contributed by atoms with van der Waals surface area (Å²) in [5, 5.41) is 6.51. The van der Waals surface area contributed by atoms with Gasteiger partial charge in [0.2, 0.25) is 0 Å². The van der Waals surface area contributed by atoms with Gasteiger partial charge < -0.3 is 10.6 Å². The van der Waals surface area contributed by atoms with Crippen LogP contribution in [-0.2, 0) is 6.54 Å². The summed E-state index contributed by atoms with van der Waals surface area (Å²) < 4.78 is 1.09. The highest BCUT2D eigenvalue weighted by atomic mass is 79.9. The molecule has 0 atom stereocenters. The maximum absolute atomic E-state index is 4.54. The number of hydrogen-bond donors (Lipinski definition) is 2. The summed E-state index contributed by atoms with van der Waals surface area (Å²) >= 11 is 3.46. The third-order valence-electron chi connectivity index (χ3n) is 2.20. The molecule has 0 saturated heterocycles. The van der Waals surface area contributed by atoms with Gasteiger partial charge in [-0.25, -0.2) is 4.99 Å². The fraction of sp³-hybridized carbons (Fsp3) is 0.462. The molecule has 17 heavy (non-hydrogen) atoms. The van der Waals surface area contributed by atoms with E-state index in [4.69, 9.17) is 0 Å². The molecule has 0 aliphatic carbocycles. The van der Waals surface area contributed by atoms with Crippen molar-refractivity contribution in [1.82, 2.24) is 10.6 Å². The lowest BCUT2D eigenvalue weighted by Crippen LogP contribution is -2.37. The average molecular weight is 298 g/mol. The van der Waals surface area contributed by atoms with Gasteiger partial charge in [0.05, 0.1) is 6.54 Å². The third-order valence-corrected chi connectivity index (χ3v) is 2.69. The summed E-state index contributed by atoms with van der Waals surface area (Å²) in [6.07, 6.45) is 1.10. The summed E-state index contributed by atoms with van der Waals surface area (Å²) in [5.41, 5.74) is 1.20. The van der Waals surface area contributed by atoms with Crippen LogP contribution in [0.5, 0.6) is 0 Å². The van der Waals surface area contributed by atoms with E-state index in [1.54, 1.807) is 0 Å². The SMILES string of the molecule is CCCNC(=NCc1cccc(Br)c1)NCC. The molecular weight excluding hydrogens is 278 g/mol. The molecule has 0 radical (unpaired) electrons. The van der Waals surface area contributed by atoms with Gasteiger partial charge >= 0.3 is 0 Å². The van der Waals surface area contributed by atoms with E-state index in [2.05, 4.69) is 57.5 Å². The van der Waals surface area contributed by atoms with Crippen LogP contribution >= 0.6 is 15.9 Å². The van der Waals surface area contributed by atoms with Gasteiger partial charge in [0.25, 0.3) is 0 Å². The van der Waals surface area contributed by atoms with Crippen LogP contribution in [0.1, 0.15) is 25.8 Å². The van der Waals surface area contributed by atoms with Crippen LogP contribution in [0.2, 0.25) is 0 Å². The maximum atomic E-state index is 4.54. The highest BCUT2D eigenvalue weighted by Gasteiger charge is 1.96. The lowest BCUT2D eigenvalue weighted by atomic mass is 10.2. The van der Waals surface area contributed by atoms with Crippen molar-refractivity contribution in [3.8, 4) is 0 Å². The number of nitrogens with one attached hydrogen (secondary N) is 2. The molecule has 0 unspecified atom stereocenters. The van der Waals surface area contributed by atoms with Gasteiger partial charge in [0, 0.05) is 17.6 Å². The minimum atomic E-state index is 0.693. The molecule has 0 aliphatic heterocycles. The second-order valence-electron chi connectivity index (χ2n) is 3.75. The predicted octanol–water partition coefficient (Wildman–Crippen LogP) is 2.91. The Labute approximate surface area is 112 Å². The fourth-order valence-corrected chi connectivity index (χ4v) is 1.84. The summed E-state index contributed by atoms with van der Waals surface area (Å²) in [4.78, 5) is 4.54. The summed E-state index contributed by atoms with van der Waals surface area (Å²) in [6, 6.07) is 8.22. The first kappa shape index (κ1) is 14.0. The van der Waals surface area contributed by atoms with Crippen molar-refractivity contribution in [1.29, 1.82) is 0 Å². The quantitative estimate of drug-likeness (QED) is 0.648. The normalized spacial score (nSPS) is 11.4. The van der Waals surface area contributed by atoms with Crippen LogP contribution < -0.4 is 10.6 Å². The van der Waals surface area contributed by atoms with Gasteiger partial charge in [0.15, 0.2) is 5.96 Å². The van der Waals surface area contributed by atoms with E-state index in [1.165, 1.54) is 5.56 Å². The highest BCUT2D eigenvalue weighted by Crippen LogP contribution is 2.12. The van der Waals surface area contributed by atoms with Gasteiger partial charge in [-0.3, -0.25) is 0 Å². The Hall–Kier alpha value is -1.03. The Morgan fingerprint density at radius 2 is 2.12 bits per heavy atom. The van der Waals surface area contributed by atoms with Gasteiger partial charge in [-0.15, -0.1) is 0 Å². The molecule has 1 aromatic carbocycles. The number of guanidine groups is 1. The first-order chi connectivity index (χ1) is 8.26. The molecule has 0 aromatic heterocycles. The Morgan fingerprint density at radius 1 is 1.29 bits per heavy atom. The maximum Gasteiger partial charge on any atom is 0.191 e. The van der Waals surface area contributed by atoms with E-state index in [9.17, 15) is 0 Å². The van der Waals surface area contributed by atoms with Gasteiger partial charge in [-0.1, -0.05) is 35.0 Å². The zero-order chi connectivity index (χ0) is 12.5. The van der Waals surface area contributed by atoms with Crippen LogP contribution in [0, 0.1) is 0 Å². The third kappa shape index (κ3) is 5.73. The van der Waals surface area contributed by atoms with E-state index in [0.29, 0.717) is 6.54 Å². The fourth-order valence-electron chi connectivity index (χ4n) is 1.39. The second kappa shape index (κ2) is 8.12. The number of hydrogen-bond acceptors (Lipinski definition) is 1. The van der Waals surface area contributed by atoms with E-state index in [1.807, 2.05) is 12.1 Å². The molecule has 0 amide bonds. The molecule has 3 nitrogen and oxygen atoms in total. The number of nitrogens with zero attached hydrogens (tertiary/aromatic N) is 1. The van der Waals surface area contributed by atoms with Crippen LogP contribution in [0.15, 0.2) is 33.7 Å². The standard InChI is InChI=1S/C13H20BrN3/c1-3-8-16-13(15-4-2)17-10-11-6-5-7-12(14)9-11/h5-7,9H,3-4,8,10H2,1-2H3,(H2,15,16,17). The topological polar surface area (TPSA) is 36.4 Å². The number of halogens is 1. The van der Waals surface area contributed by atoms with Crippen molar-refractivity contribution in [2.24, 2.45) is 4.99 Å². The molecule has 4 heteroatoms. The Balaban J connectivity index is 2.58. The van der Waals surface area contributed by atoms with Crippen molar-refractivity contribution >= 4 is 21.9 Å². The Kier molecular flexibility index (Phi) is 6.70. The van der Waals surface area contributed by atoms with Crippen molar-refractivity contribution < 1.29 is 0 Å². The minimum absolute atomic E-state index is 0.693. The Bertz CT molecular complexity index is 363. The van der Waals surface area contributed by atoms with Crippen molar-refractivity contribution in [3.05, 3.63) is 34.3 Å². The second-order valence-corrected chi connectivity index (χ2v) is 4.67. The molecule has 1 aromatic rings.